The Bertz CT molecular complexity index is 435. The van der Waals surface area contributed by atoms with Gasteiger partial charge in [0.2, 0.25) is 0 Å². The first kappa shape index (κ1) is 16.1. The second-order valence-electron chi connectivity index (χ2n) is 4.69. The largest absolute Gasteiger partial charge is 0.428 e. The molecule has 0 radical (unpaired) electrons. The molecule has 1 rings (SSSR count). The number of quaternary nitrogens is 1. The Morgan fingerprint density at radius 3 is 2.50 bits per heavy atom. The molecule has 0 aromatic heterocycles. The molecule has 5 N–H and O–H groups in total. The molecular weight excluding hydrogens is 258 g/mol. The Morgan fingerprint density at radius 2 is 1.95 bits per heavy atom. The smallest absolute Gasteiger partial charge is 0.393 e. The number of primary amides is 2. The van der Waals surface area contributed by atoms with Crippen molar-refractivity contribution in [3.63, 3.8) is 0 Å². The van der Waals surface area contributed by atoms with E-state index < -0.39 is 12.1 Å². The van der Waals surface area contributed by atoms with Crippen molar-refractivity contribution in [1.29, 1.82) is 0 Å². The highest BCUT2D eigenvalue weighted by Crippen LogP contribution is 2.11. The summed E-state index contributed by atoms with van der Waals surface area (Å²) in [6, 6.07) is 7.38. The molecule has 20 heavy (non-hydrogen) atoms. The van der Waals surface area contributed by atoms with Crippen LogP contribution in [0.1, 0.15) is 26.2 Å². The Labute approximate surface area is 118 Å². The average molecular weight is 280 g/mol. The van der Waals surface area contributed by atoms with Gasteiger partial charge in [-0.3, -0.25) is 5.32 Å². The molecule has 6 nitrogen and oxygen atoms in total. The lowest BCUT2D eigenvalue weighted by atomic mass is 10.2. The second kappa shape index (κ2) is 8.29. The van der Waals surface area contributed by atoms with E-state index in [1.807, 2.05) is 0 Å². The van der Waals surface area contributed by atoms with Crippen LogP contribution in [0.2, 0.25) is 0 Å². The molecule has 1 unspecified atom stereocenters. The van der Waals surface area contributed by atoms with Gasteiger partial charge in [0.1, 0.15) is 0 Å². The minimum atomic E-state index is -0.790. The van der Waals surface area contributed by atoms with Crippen LogP contribution in [-0.2, 0) is 0 Å². The molecule has 0 bridgehead atoms. The highest BCUT2D eigenvalue weighted by molar-refractivity contribution is 6.09. The van der Waals surface area contributed by atoms with Gasteiger partial charge in [-0.1, -0.05) is 18.2 Å². The summed E-state index contributed by atoms with van der Waals surface area (Å²) in [6.45, 7) is 2.29. The highest BCUT2D eigenvalue weighted by atomic mass is 16.3. The van der Waals surface area contributed by atoms with E-state index in [1.165, 1.54) is 5.32 Å². The molecule has 1 atom stereocenters. The molecule has 0 saturated carbocycles. The zero-order valence-corrected chi connectivity index (χ0v) is 11.7. The van der Waals surface area contributed by atoms with Gasteiger partial charge in [0.25, 0.3) is 0 Å². The second-order valence-corrected chi connectivity index (χ2v) is 4.69. The average Bonchev–Trinajstić information content (AvgIpc) is 2.39. The fraction of sp³-hybridized carbons (Fsp3) is 0.429. The normalized spacial score (nSPS) is 11.9. The van der Waals surface area contributed by atoms with E-state index in [2.05, 4.69) is 0 Å². The standard InChI is InChI=1S/C14H21N3O3/c1-11(18)7-5-6-10-16-14(20)17(13(15)19)12-8-3-2-4-9-12/h2-4,8-9,11,18H,5-7,10H2,1H3,(H2,15,19)(H,16,20)/p+1. The van der Waals surface area contributed by atoms with Crippen LogP contribution in [0.5, 0.6) is 0 Å². The van der Waals surface area contributed by atoms with Gasteiger partial charge >= 0.3 is 12.1 Å². The number of para-hydroxylation sites is 1. The lowest BCUT2D eigenvalue weighted by Crippen LogP contribution is -2.91. The minimum Gasteiger partial charge on any atom is -0.393 e. The summed E-state index contributed by atoms with van der Waals surface area (Å²) in [4.78, 5) is 24.3. The number of benzene rings is 1. The van der Waals surface area contributed by atoms with Gasteiger partial charge in [0, 0.05) is 0 Å². The van der Waals surface area contributed by atoms with Crippen molar-refractivity contribution < 1.29 is 20.0 Å². The summed E-state index contributed by atoms with van der Waals surface area (Å²) >= 11 is 0. The number of aliphatic hydroxyl groups excluding tert-OH is 1. The number of anilines is 1. The lowest BCUT2D eigenvalue weighted by molar-refractivity contribution is -0.553. The Hall–Kier alpha value is -1.92. The van der Waals surface area contributed by atoms with Crippen LogP contribution in [0.3, 0.4) is 0 Å². The van der Waals surface area contributed by atoms with Crippen molar-refractivity contribution in [2.24, 2.45) is 5.73 Å². The van der Waals surface area contributed by atoms with Crippen molar-refractivity contribution in [2.45, 2.75) is 32.3 Å². The van der Waals surface area contributed by atoms with Crippen LogP contribution < -0.4 is 16.0 Å². The first-order valence-electron chi connectivity index (χ1n) is 6.72. The third-order valence-corrected chi connectivity index (χ3v) is 2.85. The Morgan fingerprint density at radius 1 is 1.30 bits per heavy atom. The Balaban J connectivity index is 2.48. The van der Waals surface area contributed by atoms with Crippen molar-refractivity contribution in [3.8, 4) is 0 Å². The SMILES string of the molecule is CC(O)CCCC[NH2+]C(=O)N(C(N)=O)c1ccccc1. The van der Waals surface area contributed by atoms with Gasteiger partial charge in [-0.25, -0.2) is 9.59 Å². The molecule has 1 aromatic carbocycles. The number of imide groups is 1. The van der Waals surface area contributed by atoms with E-state index in [-0.39, 0.29) is 6.10 Å². The molecule has 0 saturated heterocycles. The summed E-state index contributed by atoms with van der Waals surface area (Å²) in [6.07, 6.45) is 2.01. The van der Waals surface area contributed by atoms with E-state index in [4.69, 9.17) is 10.8 Å². The molecule has 0 aliphatic carbocycles. The molecule has 0 spiro atoms. The van der Waals surface area contributed by atoms with Crippen LogP contribution in [0.15, 0.2) is 30.3 Å². The summed E-state index contributed by atoms with van der Waals surface area (Å²) < 4.78 is 0. The van der Waals surface area contributed by atoms with Crippen molar-refractivity contribution in [1.82, 2.24) is 0 Å². The number of aliphatic hydroxyl groups is 1. The number of nitrogens with zero attached hydrogens (tertiary/aromatic N) is 1. The molecule has 0 heterocycles. The van der Waals surface area contributed by atoms with Gasteiger partial charge in [-0.15, -0.1) is 0 Å². The maximum atomic E-state index is 12.0. The number of nitrogens with two attached hydrogens (primary N) is 2. The van der Waals surface area contributed by atoms with E-state index >= 15 is 0 Å². The number of unbranched alkanes of at least 4 members (excludes halogenated alkanes) is 1. The molecule has 1 aromatic rings. The third-order valence-electron chi connectivity index (χ3n) is 2.85. The number of urea groups is 2. The highest BCUT2D eigenvalue weighted by Gasteiger charge is 2.23. The molecule has 0 aliphatic heterocycles. The van der Waals surface area contributed by atoms with Crippen molar-refractivity contribution >= 4 is 17.7 Å². The van der Waals surface area contributed by atoms with Crippen LogP contribution >= 0.6 is 0 Å². The van der Waals surface area contributed by atoms with E-state index in [0.29, 0.717) is 18.7 Å². The summed E-state index contributed by atoms with van der Waals surface area (Å²) in [7, 11) is 0. The molecule has 4 amide bonds. The molecule has 110 valence electrons. The van der Waals surface area contributed by atoms with Gasteiger partial charge in [-0.05, 0) is 38.3 Å². The zero-order chi connectivity index (χ0) is 15.0. The number of carbonyl (C=O) groups excluding carboxylic acids is 2. The predicted molar refractivity (Wildman–Crippen MR) is 76.2 cm³/mol. The number of amides is 4. The fourth-order valence-corrected chi connectivity index (χ4v) is 1.84. The van der Waals surface area contributed by atoms with Crippen molar-refractivity contribution in [3.05, 3.63) is 30.3 Å². The monoisotopic (exact) mass is 280 g/mol. The predicted octanol–water partition coefficient (Wildman–Crippen LogP) is 0.806. The first-order chi connectivity index (χ1) is 9.52. The lowest BCUT2D eigenvalue weighted by Gasteiger charge is -2.15. The molecule has 0 fully saturated rings. The van der Waals surface area contributed by atoms with Crippen molar-refractivity contribution in [2.75, 3.05) is 11.4 Å². The summed E-state index contributed by atoms with van der Waals surface area (Å²) in [5.41, 5.74) is 5.72. The topological polar surface area (TPSA) is 100 Å². The quantitative estimate of drug-likeness (QED) is 0.672. The Kier molecular flexibility index (Phi) is 6.69. The van der Waals surface area contributed by atoms with Gasteiger partial charge in [0.05, 0.1) is 18.3 Å². The van der Waals surface area contributed by atoms with Gasteiger partial charge < -0.3 is 10.8 Å². The molecule has 6 heteroatoms. The number of carbonyl (C=O) groups is 2. The number of rotatable bonds is 6. The molecular formula is C14H22N3O3+. The molecule has 0 aliphatic rings. The van der Waals surface area contributed by atoms with Gasteiger partial charge in [-0.2, -0.15) is 4.90 Å². The van der Waals surface area contributed by atoms with Crippen LogP contribution in [0.25, 0.3) is 0 Å². The summed E-state index contributed by atoms with van der Waals surface area (Å²) in [5.74, 6) is 0. The zero-order valence-electron chi connectivity index (χ0n) is 11.7. The third kappa shape index (κ3) is 5.38. The number of hydrogen-bond donors (Lipinski definition) is 3. The maximum absolute atomic E-state index is 12.0. The fourth-order valence-electron chi connectivity index (χ4n) is 1.84. The van der Waals surface area contributed by atoms with E-state index in [0.717, 1.165) is 17.7 Å². The van der Waals surface area contributed by atoms with E-state index in [1.54, 1.807) is 37.3 Å². The first-order valence-corrected chi connectivity index (χ1v) is 6.72. The van der Waals surface area contributed by atoms with E-state index in [9.17, 15) is 9.59 Å². The number of hydrogen-bond acceptors (Lipinski definition) is 3. The van der Waals surface area contributed by atoms with Crippen LogP contribution in [0, 0.1) is 0 Å². The van der Waals surface area contributed by atoms with Crippen LogP contribution in [0.4, 0.5) is 15.3 Å². The van der Waals surface area contributed by atoms with Crippen LogP contribution in [-0.4, -0.2) is 29.8 Å². The summed E-state index contributed by atoms with van der Waals surface area (Å²) in [5, 5.41) is 10.6. The maximum Gasteiger partial charge on any atom is 0.428 e. The van der Waals surface area contributed by atoms with Gasteiger partial charge in [0.15, 0.2) is 0 Å². The minimum absolute atomic E-state index is 0.322.